The molecule has 134 valence electrons. The van der Waals surface area contributed by atoms with Crippen LogP contribution in [0, 0.1) is 5.92 Å². The summed E-state index contributed by atoms with van der Waals surface area (Å²) in [6.45, 7) is 2.04. The van der Waals surface area contributed by atoms with Crippen molar-refractivity contribution in [1.29, 1.82) is 0 Å². The number of benzene rings is 1. The molecule has 0 aromatic heterocycles. The van der Waals surface area contributed by atoms with Crippen LogP contribution in [0.1, 0.15) is 30.9 Å². The minimum atomic E-state index is -5.67. The monoisotopic (exact) mass is 366 g/mol. The summed E-state index contributed by atoms with van der Waals surface area (Å²) < 4.78 is 68.1. The van der Waals surface area contributed by atoms with Crippen LogP contribution < -0.4 is 4.18 Å². The fourth-order valence-electron chi connectivity index (χ4n) is 2.66. The number of ether oxygens (including phenoxy) is 1. The zero-order valence-electron chi connectivity index (χ0n) is 12.9. The van der Waals surface area contributed by atoms with E-state index in [1.807, 2.05) is 0 Å². The van der Waals surface area contributed by atoms with E-state index < -0.39 is 15.6 Å². The first-order chi connectivity index (χ1) is 11.1. The highest BCUT2D eigenvalue weighted by Gasteiger charge is 2.48. The molecule has 1 aromatic carbocycles. The number of hydrogen-bond acceptors (Lipinski definition) is 5. The molecule has 2 rings (SSSR count). The third-order valence-electron chi connectivity index (χ3n) is 3.76. The van der Waals surface area contributed by atoms with Crippen LogP contribution >= 0.6 is 0 Å². The van der Waals surface area contributed by atoms with Crippen molar-refractivity contribution in [2.24, 2.45) is 5.92 Å². The maximum absolute atomic E-state index is 12.3. The molecule has 0 aliphatic heterocycles. The molecule has 0 N–H and O–H groups in total. The molecule has 24 heavy (non-hydrogen) atoms. The lowest BCUT2D eigenvalue weighted by atomic mass is 9.82. The molecule has 0 bridgehead atoms. The Morgan fingerprint density at radius 3 is 2.62 bits per heavy atom. The molecule has 9 heteroatoms. The van der Waals surface area contributed by atoms with Crippen LogP contribution in [0.4, 0.5) is 13.2 Å². The molecule has 1 atom stereocenters. The highest BCUT2D eigenvalue weighted by Crippen LogP contribution is 2.32. The van der Waals surface area contributed by atoms with E-state index in [1.54, 1.807) is 6.92 Å². The Balaban J connectivity index is 2.08. The standard InChI is InChI=1S/C15H17F3O5S/c1-2-22-14(19)8-10-3-4-12-9-13(6-5-11(12)7-10)23-24(20,21)15(16,17)18/h5-6,9-10H,2-4,7-8H2,1H3. The molecule has 0 radical (unpaired) electrons. The number of rotatable bonds is 5. The lowest BCUT2D eigenvalue weighted by molar-refractivity contribution is -0.144. The van der Waals surface area contributed by atoms with Gasteiger partial charge in [-0.3, -0.25) is 4.79 Å². The molecule has 1 unspecified atom stereocenters. The molecule has 0 saturated carbocycles. The van der Waals surface area contributed by atoms with Gasteiger partial charge >= 0.3 is 21.6 Å². The van der Waals surface area contributed by atoms with Gasteiger partial charge in [0, 0.05) is 6.42 Å². The SMILES string of the molecule is CCOC(=O)CC1CCc2cc(OS(=O)(=O)C(F)(F)F)ccc2C1. The van der Waals surface area contributed by atoms with Gasteiger partial charge in [0.05, 0.1) is 6.61 Å². The van der Waals surface area contributed by atoms with Crippen LogP contribution in [-0.4, -0.2) is 26.5 Å². The molecular formula is C15H17F3O5S. The van der Waals surface area contributed by atoms with E-state index in [4.69, 9.17) is 4.74 Å². The van der Waals surface area contributed by atoms with E-state index in [1.165, 1.54) is 18.2 Å². The van der Waals surface area contributed by atoms with Crippen molar-refractivity contribution in [3.63, 3.8) is 0 Å². The van der Waals surface area contributed by atoms with Gasteiger partial charge in [0.2, 0.25) is 0 Å². The zero-order chi connectivity index (χ0) is 18.0. The number of esters is 1. The predicted molar refractivity (Wildman–Crippen MR) is 78.8 cm³/mol. The molecule has 0 saturated heterocycles. The van der Waals surface area contributed by atoms with Gasteiger partial charge in [0.15, 0.2) is 0 Å². The molecular weight excluding hydrogens is 349 g/mol. The van der Waals surface area contributed by atoms with Gasteiger partial charge in [-0.25, -0.2) is 0 Å². The number of carbonyl (C=O) groups excluding carboxylic acids is 1. The third-order valence-corrected chi connectivity index (χ3v) is 4.74. The molecule has 0 heterocycles. The molecule has 1 aliphatic rings. The predicted octanol–water partition coefficient (Wildman–Crippen LogP) is 2.97. The lowest BCUT2D eigenvalue weighted by Crippen LogP contribution is -2.28. The maximum Gasteiger partial charge on any atom is 0.534 e. The largest absolute Gasteiger partial charge is 0.534 e. The Hall–Kier alpha value is -1.77. The number of alkyl halides is 3. The first-order valence-corrected chi connectivity index (χ1v) is 8.81. The van der Waals surface area contributed by atoms with E-state index in [-0.39, 0.29) is 24.1 Å². The Bertz CT molecular complexity index is 712. The average molecular weight is 366 g/mol. The summed E-state index contributed by atoms with van der Waals surface area (Å²) >= 11 is 0. The Morgan fingerprint density at radius 1 is 1.29 bits per heavy atom. The number of fused-ring (bicyclic) bond motifs is 1. The molecule has 1 aromatic rings. The molecule has 1 aliphatic carbocycles. The Kier molecular flexibility index (Phi) is 5.42. The van der Waals surface area contributed by atoms with Crippen LogP contribution in [0.25, 0.3) is 0 Å². The van der Waals surface area contributed by atoms with Gasteiger partial charge in [0.25, 0.3) is 0 Å². The zero-order valence-corrected chi connectivity index (χ0v) is 13.7. The van der Waals surface area contributed by atoms with Crippen LogP contribution in [0.2, 0.25) is 0 Å². The summed E-state index contributed by atoms with van der Waals surface area (Å²) in [5, 5.41) is 0. The topological polar surface area (TPSA) is 69.7 Å². The second kappa shape index (κ2) is 7.00. The molecule has 0 amide bonds. The molecule has 0 fully saturated rings. The van der Waals surface area contributed by atoms with Gasteiger partial charge in [0.1, 0.15) is 5.75 Å². The number of hydrogen-bond donors (Lipinski definition) is 0. The maximum atomic E-state index is 12.3. The van der Waals surface area contributed by atoms with Crippen molar-refractivity contribution >= 4 is 16.1 Å². The van der Waals surface area contributed by atoms with Gasteiger partial charge in [-0.05, 0) is 55.4 Å². The summed E-state index contributed by atoms with van der Waals surface area (Å²) in [4.78, 5) is 11.5. The fraction of sp³-hybridized carbons (Fsp3) is 0.533. The van der Waals surface area contributed by atoms with Crippen molar-refractivity contribution < 1.29 is 35.3 Å². The summed E-state index contributed by atoms with van der Waals surface area (Å²) in [6, 6.07) is 4.03. The quantitative estimate of drug-likeness (QED) is 0.455. The summed E-state index contributed by atoms with van der Waals surface area (Å²) in [6.07, 6.45) is 2.07. The molecule has 5 nitrogen and oxygen atoms in total. The van der Waals surface area contributed by atoms with Gasteiger partial charge in [-0.1, -0.05) is 6.07 Å². The van der Waals surface area contributed by atoms with Crippen LogP contribution in [0.15, 0.2) is 18.2 Å². The van der Waals surface area contributed by atoms with E-state index in [9.17, 15) is 26.4 Å². The molecule has 0 spiro atoms. The van der Waals surface area contributed by atoms with Crippen molar-refractivity contribution in [2.45, 2.75) is 38.1 Å². The highest BCUT2D eigenvalue weighted by molar-refractivity contribution is 7.88. The van der Waals surface area contributed by atoms with E-state index in [0.29, 0.717) is 25.9 Å². The summed E-state index contributed by atoms with van der Waals surface area (Å²) in [7, 11) is -5.67. The van der Waals surface area contributed by atoms with Crippen LogP contribution in [0.3, 0.4) is 0 Å². The lowest BCUT2D eigenvalue weighted by Gasteiger charge is -2.24. The Morgan fingerprint density at radius 2 is 2.00 bits per heavy atom. The second-order valence-corrected chi connectivity index (χ2v) is 7.07. The number of carbonyl (C=O) groups is 1. The smallest absolute Gasteiger partial charge is 0.466 e. The van der Waals surface area contributed by atoms with Crippen LogP contribution in [-0.2, 0) is 32.5 Å². The van der Waals surface area contributed by atoms with Crippen molar-refractivity contribution in [1.82, 2.24) is 0 Å². The highest BCUT2D eigenvalue weighted by atomic mass is 32.2. The number of halogens is 3. The van der Waals surface area contributed by atoms with Crippen LogP contribution in [0.5, 0.6) is 5.75 Å². The van der Waals surface area contributed by atoms with Gasteiger partial charge in [-0.15, -0.1) is 0 Å². The van der Waals surface area contributed by atoms with Crippen molar-refractivity contribution in [2.75, 3.05) is 6.61 Å². The first-order valence-electron chi connectivity index (χ1n) is 7.40. The second-order valence-electron chi connectivity index (χ2n) is 5.53. The summed E-state index contributed by atoms with van der Waals surface area (Å²) in [5.74, 6) is -0.542. The third kappa shape index (κ3) is 4.40. The van der Waals surface area contributed by atoms with Gasteiger partial charge < -0.3 is 8.92 Å². The summed E-state index contributed by atoms with van der Waals surface area (Å²) in [5.41, 5.74) is -3.87. The van der Waals surface area contributed by atoms with E-state index >= 15 is 0 Å². The first kappa shape index (κ1) is 18.6. The van der Waals surface area contributed by atoms with E-state index in [2.05, 4.69) is 4.18 Å². The Labute approximate surface area is 137 Å². The minimum Gasteiger partial charge on any atom is -0.466 e. The van der Waals surface area contributed by atoms with Crippen molar-refractivity contribution in [3.05, 3.63) is 29.3 Å². The van der Waals surface area contributed by atoms with Crippen molar-refractivity contribution in [3.8, 4) is 5.75 Å². The minimum absolute atomic E-state index is 0.0993. The average Bonchev–Trinajstić information content (AvgIpc) is 2.46. The fourth-order valence-corrected chi connectivity index (χ4v) is 3.11. The normalized spacial score (nSPS) is 17.9. The van der Waals surface area contributed by atoms with Gasteiger partial charge in [-0.2, -0.15) is 21.6 Å². The van der Waals surface area contributed by atoms with E-state index in [0.717, 1.165) is 11.1 Å². The number of aryl methyl sites for hydroxylation is 1.